The molecule has 0 radical (unpaired) electrons. The van der Waals surface area contributed by atoms with Gasteiger partial charge >= 0.3 is 6.18 Å². The van der Waals surface area contributed by atoms with Gasteiger partial charge < -0.3 is 10.4 Å². The number of carbonyl (C=O) groups excluding carboxylic acids is 1. The third kappa shape index (κ3) is 4.23. The van der Waals surface area contributed by atoms with Crippen molar-refractivity contribution in [3.8, 4) is 5.75 Å². The first-order chi connectivity index (χ1) is 12.0. The lowest BCUT2D eigenvalue weighted by atomic mass is 10.2. The second kappa shape index (κ2) is 7.20. The number of rotatable bonds is 5. The first kappa shape index (κ1) is 19.5. The number of halogens is 4. The van der Waals surface area contributed by atoms with E-state index in [4.69, 9.17) is 11.6 Å². The molecule has 140 valence electrons. The predicted octanol–water partition coefficient (Wildman–Crippen LogP) is 3.51. The summed E-state index contributed by atoms with van der Waals surface area (Å²) in [5.41, 5.74) is -1.59. The van der Waals surface area contributed by atoms with Gasteiger partial charge in [0.2, 0.25) is 5.91 Å². The van der Waals surface area contributed by atoms with Crippen LogP contribution in [0.3, 0.4) is 0 Å². The zero-order chi connectivity index (χ0) is 19.6. The Morgan fingerprint density at radius 1 is 1.46 bits per heavy atom. The first-order valence-corrected chi connectivity index (χ1v) is 7.46. The Kier molecular flexibility index (Phi) is 5.40. The van der Waals surface area contributed by atoms with Crippen LogP contribution in [0.25, 0.3) is 0 Å². The Morgan fingerprint density at radius 3 is 2.62 bits per heavy atom. The maximum Gasteiger partial charge on any atom is 0.436 e. The molecular weight excluding hydrogens is 381 g/mol. The molecule has 0 aliphatic heterocycles. The van der Waals surface area contributed by atoms with Gasteiger partial charge in [0.25, 0.3) is 5.69 Å². The molecule has 12 heteroatoms. The highest BCUT2D eigenvalue weighted by Crippen LogP contribution is 2.35. The number of aromatic nitrogens is 2. The van der Waals surface area contributed by atoms with Crippen molar-refractivity contribution < 1.29 is 28.0 Å². The lowest BCUT2D eigenvalue weighted by molar-refractivity contribution is -0.384. The second-order valence-electron chi connectivity index (χ2n) is 5.23. The van der Waals surface area contributed by atoms with Gasteiger partial charge in [-0.3, -0.25) is 19.6 Å². The molecule has 2 rings (SSSR count). The molecule has 0 aliphatic rings. The minimum atomic E-state index is -4.71. The highest BCUT2D eigenvalue weighted by atomic mass is 35.5. The first-order valence-electron chi connectivity index (χ1n) is 7.08. The van der Waals surface area contributed by atoms with E-state index in [1.165, 1.54) is 6.92 Å². The number of nitrogens with zero attached hydrogens (tertiary/aromatic N) is 3. The van der Waals surface area contributed by atoms with Gasteiger partial charge in [0.05, 0.1) is 33.9 Å². The van der Waals surface area contributed by atoms with E-state index in [0.717, 1.165) is 22.9 Å². The van der Waals surface area contributed by atoms with Gasteiger partial charge in [-0.1, -0.05) is 11.6 Å². The van der Waals surface area contributed by atoms with Crippen LogP contribution in [0.2, 0.25) is 5.02 Å². The summed E-state index contributed by atoms with van der Waals surface area (Å²) in [7, 11) is 0. The van der Waals surface area contributed by atoms with Crippen molar-refractivity contribution in [2.45, 2.75) is 26.1 Å². The van der Waals surface area contributed by atoms with Crippen LogP contribution in [0.15, 0.2) is 18.2 Å². The van der Waals surface area contributed by atoms with Gasteiger partial charge in [0.1, 0.15) is 5.75 Å². The number of anilines is 1. The minimum absolute atomic E-state index is 0.0602. The number of hydrogen-bond acceptors (Lipinski definition) is 5. The van der Waals surface area contributed by atoms with Crippen LogP contribution in [0.1, 0.15) is 17.8 Å². The lowest BCUT2D eigenvalue weighted by Gasteiger charge is -2.08. The molecule has 2 N–H and O–H groups in total. The topological polar surface area (TPSA) is 110 Å². The van der Waals surface area contributed by atoms with Crippen LogP contribution in [0, 0.1) is 17.0 Å². The maximum absolute atomic E-state index is 12.7. The highest BCUT2D eigenvalue weighted by molar-refractivity contribution is 6.31. The number of phenolic OH excluding ortho intramolecular Hbond substituents is 1. The summed E-state index contributed by atoms with van der Waals surface area (Å²) in [6.07, 6.45) is -4.97. The van der Waals surface area contributed by atoms with Crippen LogP contribution >= 0.6 is 11.6 Å². The van der Waals surface area contributed by atoms with Crippen molar-refractivity contribution in [3.63, 3.8) is 0 Å². The van der Waals surface area contributed by atoms with Crippen molar-refractivity contribution in [1.29, 1.82) is 0 Å². The molecule has 2 aromatic rings. The summed E-state index contributed by atoms with van der Waals surface area (Å²) < 4.78 is 39.2. The third-order valence-electron chi connectivity index (χ3n) is 3.42. The van der Waals surface area contributed by atoms with Gasteiger partial charge in [-0.2, -0.15) is 18.3 Å². The molecule has 0 fully saturated rings. The number of benzene rings is 1. The average molecular weight is 393 g/mol. The molecule has 26 heavy (non-hydrogen) atoms. The largest absolute Gasteiger partial charge is 0.506 e. The molecule has 1 aromatic heterocycles. The number of nitrogens with one attached hydrogen (secondary N) is 1. The van der Waals surface area contributed by atoms with Gasteiger partial charge in [-0.25, -0.2) is 0 Å². The van der Waals surface area contributed by atoms with Crippen molar-refractivity contribution in [2.24, 2.45) is 0 Å². The summed E-state index contributed by atoms with van der Waals surface area (Å²) in [5.74, 6) is -1.14. The van der Waals surface area contributed by atoms with Crippen LogP contribution in [-0.4, -0.2) is 25.7 Å². The van der Waals surface area contributed by atoms with Gasteiger partial charge in [-0.15, -0.1) is 0 Å². The fraction of sp³-hybridized carbons (Fsp3) is 0.286. The van der Waals surface area contributed by atoms with Crippen LogP contribution in [-0.2, 0) is 17.5 Å². The van der Waals surface area contributed by atoms with E-state index >= 15 is 0 Å². The monoisotopic (exact) mass is 392 g/mol. The number of alkyl halides is 3. The van der Waals surface area contributed by atoms with Gasteiger partial charge in [-0.05, 0) is 13.0 Å². The molecule has 8 nitrogen and oxygen atoms in total. The number of nitro benzene ring substituents is 1. The number of nitro groups is 1. The van der Waals surface area contributed by atoms with E-state index in [2.05, 4.69) is 10.4 Å². The van der Waals surface area contributed by atoms with E-state index in [1.807, 2.05) is 0 Å². The summed E-state index contributed by atoms with van der Waals surface area (Å²) in [5, 5.41) is 25.4. The van der Waals surface area contributed by atoms with Crippen LogP contribution < -0.4 is 5.32 Å². The number of hydrogen-bond donors (Lipinski definition) is 2. The van der Waals surface area contributed by atoms with Gasteiger partial charge in [0.15, 0.2) is 5.69 Å². The molecular formula is C14H12ClF3N4O4. The predicted molar refractivity (Wildman–Crippen MR) is 85.0 cm³/mol. The normalized spacial score (nSPS) is 11.4. The number of phenols is 1. The number of amides is 1. The summed E-state index contributed by atoms with van der Waals surface area (Å²) in [4.78, 5) is 21.8. The SMILES string of the molecule is Cc1c(Cl)c(C(F)(F)F)nn1CCC(=O)Nc1ccc([N+](=O)[O-])cc1O. The fourth-order valence-electron chi connectivity index (χ4n) is 2.08. The Hall–Kier alpha value is -2.82. The summed E-state index contributed by atoms with van der Waals surface area (Å²) in [6.45, 7) is 1.16. The molecule has 1 aromatic carbocycles. The summed E-state index contributed by atoms with van der Waals surface area (Å²) >= 11 is 5.61. The number of aryl methyl sites for hydroxylation is 1. The molecule has 0 aliphatic carbocycles. The van der Waals surface area contributed by atoms with E-state index in [0.29, 0.717) is 0 Å². The Balaban J connectivity index is 2.05. The van der Waals surface area contributed by atoms with Crippen molar-refractivity contribution in [1.82, 2.24) is 9.78 Å². The zero-order valence-electron chi connectivity index (χ0n) is 13.2. The zero-order valence-corrected chi connectivity index (χ0v) is 13.9. The second-order valence-corrected chi connectivity index (χ2v) is 5.60. The molecule has 0 saturated carbocycles. The molecule has 1 amide bonds. The van der Waals surface area contributed by atoms with Crippen molar-refractivity contribution in [2.75, 3.05) is 5.32 Å². The molecule has 1 heterocycles. The van der Waals surface area contributed by atoms with Crippen molar-refractivity contribution >= 4 is 28.9 Å². The third-order valence-corrected chi connectivity index (χ3v) is 3.87. The Labute approximate surface area is 149 Å². The number of non-ortho nitro benzene ring substituents is 1. The quantitative estimate of drug-likeness (QED) is 0.459. The smallest absolute Gasteiger partial charge is 0.436 e. The lowest BCUT2D eigenvalue weighted by Crippen LogP contribution is -2.16. The summed E-state index contributed by atoms with van der Waals surface area (Å²) in [6, 6.07) is 3.09. The number of aromatic hydroxyl groups is 1. The molecule has 0 unspecified atom stereocenters. The molecule has 0 saturated heterocycles. The Morgan fingerprint density at radius 2 is 2.12 bits per heavy atom. The minimum Gasteiger partial charge on any atom is -0.506 e. The van der Waals surface area contributed by atoms with E-state index in [-0.39, 0.29) is 30.0 Å². The van der Waals surface area contributed by atoms with Crippen LogP contribution in [0.4, 0.5) is 24.5 Å². The Bertz CT molecular complexity index is 867. The van der Waals surface area contributed by atoms with E-state index in [9.17, 15) is 33.2 Å². The number of carbonyl (C=O) groups is 1. The molecule has 0 bridgehead atoms. The molecule has 0 spiro atoms. The van der Waals surface area contributed by atoms with Crippen molar-refractivity contribution in [3.05, 3.63) is 44.7 Å². The van der Waals surface area contributed by atoms with E-state index < -0.39 is 33.5 Å². The van der Waals surface area contributed by atoms with Crippen LogP contribution in [0.5, 0.6) is 5.75 Å². The maximum atomic E-state index is 12.7. The van der Waals surface area contributed by atoms with Gasteiger partial charge in [0, 0.05) is 12.5 Å². The van der Waals surface area contributed by atoms with E-state index in [1.54, 1.807) is 0 Å². The standard InChI is InChI=1S/C14H12ClF3N4O4/c1-7-12(15)13(14(16,17)18)20-21(7)5-4-11(24)19-9-3-2-8(22(25)26)6-10(9)23/h2-3,6,23H,4-5H2,1H3,(H,19,24). The highest BCUT2D eigenvalue weighted by Gasteiger charge is 2.38. The average Bonchev–Trinajstić information content (AvgIpc) is 2.82. The molecule has 0 atom stereocenters. The fourth-order valence-corrected chi connectivity index (χ4v) is 2.33.